The fourth-order valence-corrected chi connectivity index (χ4v) is 3.04. The van der Waals surface area contributed by atoms with Crippen LogP contribution < -0.4 is 10.6 Å². The number of nitrogens with zero attached hydrogens (tertiary/aromatic N) is 1. The van der Waals surface area contributed by atoms with Crippen molar-refractivity contribution in [3.05, 3.63) is 69.0 Å². The topological polar surface area (TPSA) is 54.0 Å². The van der Waals surface area contributed by atoms with Crippen molar-refractivity contribution >= 4 is 57.6 Å². The first-order chi connectivity index (χ1) is 11.6. The van der Waals surface area contributed by atoms with Crippen LogP contribution >= 0.6 is 34.5 Å². The van der Waals surface area contributed by atoms with E-state index in [2.05, 4.69) is 15.6 Å². The van der Waals surface area contributed by atoms with Crippen LogP contribution in [0.1, 0.15) is 4.88 Å². The van der Waals surface area contributed by atoms with Crippen LogP contribution in [-0.2, 0) is 11.2 Å². The molecular weight excluding hydrogens is 365 g/mol. The predicted octanol–water partition coefficient (Wildman–Crippen LogP) is 5.37. The van der Waals surface area contributed by atoms with Crippen molar-refractivity contribution in [2.45, 2.75) is 6.42 Å². The number of benzene rings is 1. The van der Waals surface area contributed by atoms with Gasteiger partial charge in [-0.25, -0.2) is 4.98 Å². The van der Waals surface area contributed by atoms with Crippen molar-refractivity contribution in [2.75, 3.05) is 10.6 Å². The third kappa shape index (κ3) is 4.47. The molecule has 0 saturated carbocycles. The fourth-order valence-electron chi connectivity index (χ4n) is 2.04. The lowest BCUT2D eigenvalue weighted by atomic mass is 10.3. The van der Waals surface area contributed by atoms with Crippen LogP contribution in [0.4, 0.5) is 17.2 Å². The summed E-state index contributed by atoms with van der Waals surface area (Å²) in [5, 5.41) is 8.88. The molecule has 3 aromatic rings. The zero-order valence-electron chi connectivity index (χ0n) is 12.4. The Morgan fingerprint density at radius 1 is 1.08 bits per heavy atom. The Labute approximate surface area is 153 Å². The molecular formula is C17H13Cl2N3OS. The standard InChI is InChI=1S/C17H13Cl2N3OS/c18-14-5-3-11(8-15(14)19)21-12-4-6-16(20-10-12)22-17(23)9-13-2-1-7-24-13/h1-8,10,21H,9H2,(H,20,22,23). The van der Waals surface area contributed by atoms with Gasteiger partial charge in [-0.1, -0.05) is 29.3 Å². The molecule has 0 atom stereocenters. The number of rotatable bonds is 5. The number of nitrogens with one attached hydrogen (secondary N) is 2. The van der Waals surface area contributed by atoms with Gasteiger partial charge in [-0.15, -0.1) is 11.3 Å². The number of aromatic nitrogens is 1. The van der Waals surface area contributed by atoms with E-state index < -0.39 is 0 Å². The zero-order chi connectivity index (χ0) is 16.9. The Hall–Kier alpha value is -2.08. The van der Waals surface area contributed by atoms with E-state index >= 15 is 0 Å². The predicted molar refractivity (Wildman–Crippen MR) is 101 cm³/mol. The second-order valence-corrected chi connectivity index (χ2v) is 6.84. The minimum absolute atomic E-state index is 0.0878. The minimum atomic E-state index is -0.0878. The van der Waals surface area contributed by atoms with Crippen LogP contribution in [0.15, 0.2) is 54.0 Å². The van der Waals surface area contributed by atoms with Gasteiger partial charge in [0.15, 0.2) is 0 Å². The van der Waals surface area contributed by atoms with Gasteiger partial charge in [0, 0.05) is 10.6 Å². The Bertz CT molecular complexity index is 836. The van der Waals surface area contributed by atoms with Crippen LogP contribution in [-0.4, -0.2) is 10.9 Å². The monoisotopic (exact) mass is 377 g/mol. The normalized spacial score (nSPS) is 10.4. The molecule has 0 aliphatic heterocycles. The molecule has 7 heteroatoms. The molecule has 2 aromatic heterocycles. The Balaban J connectivity index is 1.60. The molecule has 3 rings (SSSR count). The molecule has 0 unspecified atom stereocenters. The summed E-state index contributed by atoms with van der Waals surface area (Å²) in [5.74, 6) is 0.423. The van der Waals surface area contributed by atoms with Gasteiger partial charge in [0.1, 0.15) is 5.82 Å². The van der Waals surface area contributed by atoms with Crippen molar-refractivity contribution in [3.63, 3.8) is 0 Å². The summed E-state index contributed by atoms with van der Waals surface area (Å²) < 4.78 is 0. The maximum Gasteiger partial charge on any atom is 0.230 e. The van der Waals surface area contributed by atoms with E-state index in [1.54, 1.807) is 35.7 Å². The summed E-state index contributed by atoms with van der Waals surface area (Å²) in [5.41, 5.74) is 1.59. The fraction of sp³-hybridized carbons (Fsp3) is 0.0588. The Morgan fingerprint density at radius 2 is 1.92 bits per heavy atom. The van der Waals surface area contributed by atoms with Gasteiger partial charge >= 0.3 is 0 Å². The lowest BCUT2D eigenvalue weighted by molar-refractivity contribution is -0.115. The van der Waals surface area contributed by atoms with Crippen molar-refractivity contribution in [2.24, 2.45) is 0 Å². The Morgan fingerprint density at radius 3 is 2.58 bits per heavy atom. The molecule has 0 bridgehead atoms. The van der Waals surface area contributed by atoms with Crippen LogP contribution in [0.25, 0.3) is 0 Å². The van der Waals surface area contributed by atoms with Crippen LogP contribution in [0.5, 0.6) is 0 Å². The van der Waals surface area contributed by atoms with Crippen molar-refractivity contribution < 1.29 is 4.79 Å². The first-order valence-electron chi connectivity index (χ1n) is 7.10. The molecule has 0 aliphatic carbocycles. The molecule has 24 heavy (non-hydrogen) atoms. The van der Waals surface area contributed by atoms with E-state index in [1.807, 2.05) is 29.6 Å². The zero-order valence-corrected chi connectivity index (χ0v) is 14.8. The lowest BCUT2D eigenvalue weighted by Gasteiger charge is -2.08. The van der Waals surface area contributed by atoms with Crippen molar-refractivity contribution in [1.82, 2.24) is 4.98 Å². The maximum absolute atomic E-state index is 11.9. The van der Waals surface area contributed by atoms with Gasteiger partial charge in [0.2, 0.25) is 5.91 Å². The SMILES string of the molecule is O=C(Cc1cccs1)Nc1ccc(Nc2ccc(Cl)c(Cl)c2)cn1. The van der Waals surface area contributed by atoms with Crippen LogP contribution in [0.2, 0.25) is 10.0 Å². The van der Waals surface area contributed by atoms with E-state index in [1.165, 1.54) is 0 Å². The number of halogens is 2. The largest absolute Gasteiger partial charge is 0.354 e. The minimum Gasteiger partial charge on any atom is -0.354 e. The summed E-state index contributed by atoms with van der Waals surface area (Å²) in [7, 11) is 0. The summed E-state index contributed by atoms with van der Waals surface area (Å²) in [6.45, 7) is 0. The average molecular weight is 378 g/mol. The number of anilines is 3. The lowest BCUT2D eigenvalue weighted by Crippen LogP contribution is -2.14. The summed E-state index contributed by atoms with van der Waals surface area (Å²) in [6.07, 6.45) is 1.99. The molecule has 0 aliphatic rings. The molecule has 2 heterocycles. The van der Waals surface area contributed by atoms with Gasteiger partial charge in [-0.05, 0) is 41.8 Å². The second kappa shape index (κ2) is 7.66. The first-order valence-corrected chi connectivity index (χ1v) is 8.74. The molecule has 2 N–H and O–H groups in total. The first kappa shape index (κ1) is 16.8. The number of hydrogen-bond donors (Lipinski definition) is 2. The van der Waals surface area contributed by atoms with Crippen molar-refractivity contribution in [1.29, 1.82) is 0 Å². The molecule has 0 spiro atoms. The van der Waals surface area contributed by atoms with Crippen LogP contribution in [0.3, 0.4) is 0 Å². The quantitative estimate of drug-likeness (QED) is 0.627. The van der Waals surface area contributed by atoms with E-state index in [9.17, 15) is 4.79 Å². The summed E-state index contributed by atoms with van der Waals surface area (Å²) in [4.78, 5) is 17.2. The highest BCUT2D eigenvalue weighted by Crippen LogP contribution is 2.27. The van der Waals surface area contributed by atoms with Gasteiger partial charge in [0.05, 0.1) is 28.4 Å². The summed E-state index contributed by atoms with van der Waals surface area (Å²) in [6, 6.07) is 12.7. The van der Waals surface area contributed by atoms with Gasteiger partial charge < -0.3 is 10.6 Å². The highest BCUT2D eigenvalue weighted by molar-refractivity contribution is 7.10. The van der Waals surface area contributed by atoms with Gasteiger partial charge in [0.25, 0.3) is 0 Å². The third-order valence-corrected chi connectivity index (χ3v) is 4.77. The number of hydrogen-bond acceptors (Lipinski definition) is 4. The van der Waals surface area contributed by atoms with E-state index in [-0.39, 0.29) is 5.91 Å². The molecule has 0 radical (unpaired) electrons. The Kier molecular flexibility index (Phi) is 5.35. The van der Waals surface area contributed by atoms with E-state index in [4.69, 9.17) is 23.2 Å². The summed E-state index contributed by atoms with van der Waals surface area (Å²) >= 11 is 13.4. The average Bonchev–Trinajstić information content (AvgIpc) is 3.06. The highest BCUT2D eigenvalue weighted by atomic mass is 35.5. The molecule has 1 amide bonds. The van der Waals surface area contributed by atoms with Crippen molar-refractivity contribution in [3.8, 4) is 0 Å². The number of thiophene rings is 1. The van der Waals surface area contributed by atoms with Gasteiger partial charge in [-0.3, -0.25) is 4.79 Å². The number of amides is 1. The molecule has 0 fully saturated rings. The number of pyridine rings is 1. The number of carbonyl (C=O) groups is 1. The third-order valence-electron chi connectivity index (χ3n) is 3.15. The second-order valence-electron chi connectivity index (χ2n) is 4.99. The molecule has 4 nitrogen and oxygen atoms in total. The smallest absolute Gasteiger partial charge is 0.230 e. The number of carbonyl (C=O) groups excluding carboxylic acids is 1. The van der Waals surface area contributed by atoms with Gasteiger partial charge in [-0.2, -0.15) is 0 Å². The van der Waals surface area contributed by atoms with Crippen LogP contribution in [0, 0.1) is 0 Å². The molecule has 0 saturated heterocycles. The molecule has 122 valence electrons. The van der Waals surface area contributed by atoms with E-state index in [0.29, 0.717) is 22.3 Å². The molecule has 1 aromatic carbocycles. The maximum atomic E-state index is 11.9. The highest BCUT2D eigenvalue weighted by Gasteiger charge is 2.06. The van der Waals surface area contributed by atoms with E-state index in [0.717, 1.165) is 16.3 Å².